The van der Waals surface area contributed by atoms with Gasteiger partial charge in [-0.15, -0.1) is 0 Å². The number of likely N-dealkylation sites (tertiary alicyclic amines) is 1. The van der Waals surface area contributed by atoms with Gasteiger partial charge in [-0.05, 0) is 31.4 Å². The van der Waals surface area contributed by atoms with Crippen molar-refractivity contribution in [3.8, 4) is 0 Å². The Morgan fingerprint density at radius 1 is 1.16 bits per heavy atom. The topological polar surface area (TPSA) is 49.7 Å². The number of para-hydroxylation sites is 1. The van der Waals surface area contributed by atoms with E-state index in [0.717, 1.165) is 25.9 Å². The van der Waals surface area contributed by atoms with Crippen molar-refractivity contribution in [3.63, 3.8) is 0 Å². The molecule has 0 aromatic heterocycles. The Hall–Kier alpha value is -1.97. The molecule has 2 aliphatic heterocycles. The van der Waals surface area contributed by atoms with Gasteiger partial charge in [-0.25, -0.2) is 0 Å². The Bertz CT molecular complexity index is 545. The van der Waals surface area contributed by atoms with Gasteiger partial charge in [0.1, 0.15) is 5.92 Å². The number of carbonyl (C=O) groups excluding carboxylic acids is 2. The van der Waals surface area contributed by atoms with Crippen molar-refractivity contribution in [3.05, 3.63) is 29.8 Å². The number of amides is 1. The Kier molecular flexibility index (Phi) is 3.15. The number of rotatable bonds is 1. The first-order chi connectivity index (χ1) is 9.27. The highest BCUT2D eigenvalue weighted by molar-refractivity contribution is 6.23. The molecule has 4 nitrogen and oxygen atoms in total. The van der Waals surface area contributed by atoms with Crippen molar-refractivity contribution < 1.29 is 9.59 Å². The summed E-state index contributed by atoms with van der Waals surface area (Å²) >= 11 is 0. The molecule has 98 valence electrons. The van der Waals surface area contributed by atoms with E-state index in [4.69, 9.17) is 0 Å². The van der Waals surface area contributed by atoms with Gasteiger partial charge in [-0.1, -0.05) is 12.1 Å². The SMILES string of the molecule is O=C1c2ccccc2N=CC1C(=O)N1CCCCC1. The van der Waals surface area contributed by atoms with Gasteiger partial charge in [0, 0.05) is 24.9 Å². The average molecular weight is 256 g/mol. The molecule has 2 aliphatic rings. The molecule has 0 N–H and O–H groups in total. The molecular formula is C15H16N2O2. The molecule has 1 amide bonds. The number of hydrogen-bond acceptors (Lipinski definition) is 3. The fourth-order valence-electron chi connectivity index (χ4n) is 2.67. The van der Waals surface area contributed by atoms with E-state index in [1.165, 1.54) is 12.6 Å². The number of Topliss-reactive ketones (excluding diaryl/α,β-unsaturated/α-hetero) is 1. The molecule has 1 saturated heterocycles. The molecule has 2 heterocycles. The lowest BCUT2D eigenvalue weighted by atomic mass is 9.93. The Balaban J connectivity index is 1.84. The van der Waals surface area contributed by atoms with E-state index in [2.05, 4.69) is 4.99 Å². The number of aliphatic imine (C=N–C) groups is 1. The standard InChI is InChI=1S/C15H16N2O2/c18-14-11-6-2-3-7-13(11)16-10-12(14)15(19)17-8-4-1-5-9-17/h2-3,6-7,10,12H,1,4-5,8-9H2. The van der Waals surface area contributed by atoms with Crippen LogP contribution < -0.4 is 0 Å². The molecule has 1 fully saturated rings. The Morgan fingerprint density at radius 3 is 2.68 bits per heavy atom. The van der Waals surface area contributed by atoms with E-state index in [1.54, 1.807) is 23.1 Å². The largest absolute Gasteiger partial charge is 0.342 e. The van der Waals surface area contributed by atoms with Crippen molar-refractivity contribution in [1.29, 1.82) is 0 Å². The number of carbonyl (C=O) groups is 2. The normalized spacial score (nSPS) is 22.2. The minimum atomic E-state index is -0.729. The number of fused-ring (bicyclic) bond motifs is 1. The molecule has 4 heteroatoms. The zero-order chi connectivity index (χ0) is 13.2. The first-order valence-corrected chi connectivity index (χ1v) is 6.73. The molecule has 3 rings (SSSR count). The quantitative estimate of drug-likeness (QED) is 0.723. The number of nitrogens with zero attached hydrogens (tertiary/aromatic N) is 2. The van der Waals surface area contributed by atoms with E-state index in [0.29, 0.717) is 11.3 Å². The van der Waals surface area contributed by atoms with Crippen LogP contribution in [0.2, 0.25) is 0 Å². The monoisotopic (exact) mass is 256 g/mol. The predicted molar refractivity (Wildman–Crippen MR) is 72.8 cm³/mol. The van der Waals surface area contributed by atoms with Gasteiger partial charge >= 0.3 is 0 Å². The van der Waals surface area contributed by atoms with Crippen LogP contribution in [0.1, 0.15) is 29.6 Å². The van der Waals surface area contributed by atoms with Crippen LogP contribution in [-0.4, -0.2) is 35.9 Å². The summed E-state index contributed by atoms with van der Waals surface area (Å²) in [6, 6.07) is 7.19. The van der Waals surface area contributed by atoms with Crippen LogP contribution in [-0.2, 0) is 4.79 Å². The van der Waals surface area contributed by atoms with Crippen LogP contribution in [0.5, 0.6) is 0 Å². The maximum absolute atomic E-state index is 12.4. The average Bonchev–Trinajstić information content (AvgIpc) is 2.48. The second-order valence-corrected chi connectivity index (χ2v) is 5.02. The van der Waals surface area contributed by atoms with Crippen molar-refractivity contribution in [2.75, 3.05) is 13.1 Å². The summed E-state index contributed by atoms with van der Waals surface area (Å²) in [4.78, 5) is 30.8. The van der Waals surface area contributed by atoms with Gasteiger partial charge in [-0.2, -0.15) is 0 Å². The lowest BCUT2D eigenvalue weighted by Crippen LogP contribution is -2.43. The van der Waals surface area contributed by atoms with Gasteiger partial charge in [0.25, 0.3) is 0 Å². The zero-order valence-corrected chi connectivity index (χ0v) is 10.7. The molecule has 0 spiro atoms. The van der Waals surface area contributed by atoms with Crippen LogP contribution in [0.15, 0.2) is 29.3 Å². The minimum absolute atomic E-state index is 0.0945. The molecular weight excluding hydrogens is 240 g/mol. The smallest absolute Gasteiger partial charge is 0.239 e. The highest BCUT2D eigenvalue weighted by Gasteiger charge is 2.33. The Labute approximate surface area is 112 Å². The van der Waals surface area contributed by atoms with Crippen molar-refractivity contribution >= 4 is 23.6 Å². The van der Waals surface area contributed by atoms with Crippen molar-refractivity contribution in [2.24, 2.45) is 10.9 Å². The van der Waals surface area contributed by atoms with Crippen molar-refractivity contribution in [2.45, 2.75) is 19.3 Å². The van der Waals surface area contributed by atoms with E-state index in [9.17, 15) is 9.59 Å². The Morgan fingerprint density at radius 2 is 1.89 bits per heavy atom. The van der Waals surface area contributed by atoms with Crippen LogP contribution in [0, 0.1) is 5.92 Å². The van der Waals surface area contributed by atoms with E-state index in [-0.39, 0.29) is 11.7 Å². The van der Waals surface area contributed by atoms with Crippen molar-refractivity contribution in [1.82, 2.24) is 4.90 Å². The number of piperidine rings is 1. The fraction of sp³-hybridized carbons (Fsp3) is 0.400. The van der Waals surface area contributed by atoms with E-state index in [1.807, 2.05) is 6.07 Å². The second-order valence-electron chi connectivity index (χ2n) is 5.02. The minimum Gasteiger partial charge on any atom is -0.342 e. The maximum Gasteiger partial charge on any atom is 0.239 e. The molecule has 1 aromatic carbocycles. The summed E-state index contributed by atoms with van der Waals surface area (Å²) in [7, 11) is 0. The van der Waals surface area contributed by atoms with Crippen LogP contribution in [0.25, 0.3) is 0 Å². The summed E-state index contributed by atoms with van der Waals surface area (Å²) in [5.74, 6) is -0.947. The molecule has 1 unspecified atom stereocenters. The maximum atomic E-state index is 12.4. The van der Waals surface area contributed by atoms with E-state index >= 15 is 0 Å². The lowest BCUT2D eigenvalue weighted by molar-refractivity contribution is -0.132. The molecule has 1 aromatic rings. The highest BCUT2D eigenvalue weighted by atomic mass is 16.2. The summed E-state index contributed by atoms with van der Waals surface area (Å²) in [6.45, 7) is 1.52. The third-order valence-corrected chi connectivity index (χ3v) is 3.75. The molecule has 0 aliphatic carbocycles. The highest BCUT2D eigenvalue weighted by Crippen LogP contribution is 2.27. The van der Waals surface area contributed by atoms with Gasteiger partial charge in [0.15, 0.2) is 5.78 Å². The second kappa shape index (κ2) is 4.96. The first kappa shape index (κ1) is 12.1. The van der Waals surface area contributed by atoms with Gasteiger partial charge in [0.05, 0.1) is 5.69 Å². The number of ketones is 1. The van der Waals surface area contributed by atoms with Gasteiger partial charge < -0.3 is 4.90 Å². The molecule has 19 heavy (non-hydrogen) atoms. The lowest BCUT2D eigenvalue weighted by Gasteiger charge is -2.29. The van der Waals surface area contributed by atoms with Crippen LogP contribution in [0.4, 0.5) is 5.69 Å². The number of hydrogen-bond donors (Lipinski definition) is 0. The van der Waals surface area contributed by atoms with E-state index < -0.39 is 5.92 Å². The first-order valence-electron chi connectivity index (χ1n) is 6.73. The van der Waals surface area contributed by atoms with Crippen LogP contribution >= 0.6 is 0 Å². The molecule has 0 bridgehead atoms. The summed E-state index contributed by atoms with van der Waals surface area (Å²) < 4.78 is 0. The molecule has 1 atom stereocenters. The number of benzene rings is 1. The van der Waals surface area contributed by atoms with Gasteiger partial charge in [0.2, 0.25) is 5.91 Å². The van der Waals surface area contributed by atoms with Gasteiger partial charge in [-0.3, -0.25) is 14.6 Å². The zero-order valence-electron chi connectivity index (χ0n) is 10.7. The third kappa shape index (κ3) is 2.18. The third-order valence-electron chi connectivity index (χ3n) is 3.75. The summed E-state index contributed by atoms with van der Waals surface area (Å²) in [5.41, 5.74) is 1.22. The fourth-order valence-corrected chi connectivity index (χ4v) is 2.67. The molecule has 0 saturated carbocycles. The summed E-state index contributed by atoms with van der Waals surface area (Å²) in [5, 5.41) is 0. The van der Waals surface area contributed by atoms with Crippen LogP contribution in [0.3, 0.4) is 0 Å². The predicted octanol–water partition coefficient (Wildman–Crippen LogP) is 2.21. The summed E-state index contributed by atoms with van der Waals surface area (Å²) in [6.07, 6.45) is 4.72. The molecule has 0 radical (unpaired) electrons.